The second-order valence-corrected chi connectivity index (χ2v) is 9.94. The van der Waals surface area contributed by atoms with Crippen molar-refractivity contribution in [2.75, 3.05) is 13.9 Å². The van der Waals surface area contributed by atoms with Crippen molar-refractivity contribution in [1.29, 1.82) is 0 Å². The average Bonchev–Trinajstić information content (AvgIpc) is 3.22. The highest BCUT2D eigenvalue weighted by Crippen LogP contribution is 2.38. The van der Waals surface area contributed by atoms with Gasteiger partial charge in [0, 0.05) is 17.6 Å². The van der Waals surface area contributed by atoms with E-state index in [1.807, 2.05) is 13.8 Å². The topological polar surface area (TPSA) is 114 Å². The van der Waals surface area contributed by atoms with Crippen LogP contribution in [0.15, 0.2) is 41.3 Å². The molecule has 0 radical (unpaired) electrons. The maximum Gasteiger partial charge on any atom is 0.261 e. The summed E-state index contributed by atoms with van der Waals surface area (Å²) in [5.41, 5.74) is 2.02. The third kappa shape index (κ3) is 5.09. The molecule has 9 nitrogen and oxygen atoms in total. The summed E-state index contributed by atoms with van der Waals surface area (Å²) in [6.45, 7) is 3.51. The maximum absolute atomic E-state index is 13.6. The first-order valence-corrected chi connectivity index (χ1v) is 11.7. The number of nitrogens with zero attached hydrogens (tertiary/aromatic N) is 1. The number of benzene rings is 2. The number of carbonyl (C=O) groups excluding carboxylic acids is 1. The standard InChI is InChI=1S/C21H25ClN2O7S/c1-13(2)8-18(21(25)23-26)24(32(27,28)16-6-4-15(29-3)5-7-16)11-14-9-19-20(10-17(14)22)31-12-30-19/h4-7,9-10,13,18,26H,8,11-12H2,1-3H3,(H,23,25). The van der Waals surface area contributed by atoms with E-state index in [9.17, 15) is 18.4 Å². The molecule has 0 aliphatic carbocycles. The molecule has 0 saturated heterocycles. The Bertz CT molecular complexity index is 1070. The Balaban J connectivity index is 2.09. The summed E-state index contributed by atoms with van der Waals surface area (Å²) in [4.78, 5) is 12.5. The Morgan fingerprint density at radius 3 is 2.41 bits per heavy atom. The Morgan fingerprint density at radius 2 is 1.84 bits per heavy atom. The van der Waals surface area contributed by atoms with Crippen LogP contribution in [-0.4, -0.2) is 43.8 Å². The molecule has 1 aliphatic rings. The van der Waals surface area contributed by atoms with Crippen LogP contribution in [0.1, 0.15) is 25.8 Å². The zero-order valence-electron chi connectivity index (χ0n) is 17.9. The van der Waals surface area contributed by atoms with E-state index in [1.165, 1.54) is 31.4 Å². The fourth-order valence-corrected chi connectivity index (χ4v) is 5.16. The molecule has 2 aromatic carbocycles. The summed E-state index contributed by atoms with van der Waals surface area (Å²) in [6.07, 6.45) is 0.171. The summed E-state index contributed by atoms with van der Waals surface area (Å²) in [5, 5.41) is 9.58. The van der Waals surface area contributed by atoms with Crippen molar-refractivity contribution >= 4 is 27.5 Å². The molecule has 0 spiro atoms. The minimum absolute atomic E-state index is 0.0327. The van der Waals surface area contributed by atoms with E-state index in [0.29, 0.717) is 22.8 Å². The van der Waals surface area contributed by atoms with Crippen molar-refractivity contribution in [2.45, 2.75) is 37.8 Å². The lowest BCUT2D eigenvalue weighted by Gasteiger charge is -2.31. The van der Waals surface area contributed by atoms with E-state index in [2.05, 4.69) is 0 Å². The summed E-state index contributed by atoms with van der Waals surface area (Å²) in [7, 11) is -2.71. The van der Waals surface area contributed by atoms with Crippen LogP contribution < -0.4 is 19.7 Å². The lowest BCUT2D eigenvalue weighted by molar-refractivity contribution is -0.133. The lowest BCUT2D eigenvalue weighted by atomic mass is 10.0. The number of nitrogens with one attached hydrogen (secondary N) is 1. The van der Waals surface area contributed by atoms with Gasteiger partial charge in [0.1, 0.15) is 11.8 Å². The van der Waals surface area contributed by atoms with E-state index in [4.69, 9.17) is 25.8 Å². The van der Waals surface area contributed by atoms with Crippen LogP contribution in [0.25, 0.3) is 0 Å². The van der Waals surface area contributed by atoms with Gasteiger partial charge in [-0.2, -0.15) is 4.31 Å². The molecule has 1 unspecified atom stereocenters. The van der Waals surface area contributed by atoms with Gasteiger partial charge in [0.15, 0.2) is 11.5 Å². The fourth-order valence-electron chi connectivity index (χ4n) is 3.37. The molecule has 1 amide bonds. The number of amides is 1. The smallest absolute Gasteiger partial charge is 0.261 e. The van der Waals surface area contributed by atoms with Crippen LogP contribution in [0.3, 0.4) is 0 Å². The summed E-state index contributed by atoms with van der Waals surface area (Å²) < 4.78 is 44.1. The average molecular weight is 485 g/mol. The Morgan fingerprint density at radius 1 is 1.22 bits per heavy atom. The van der Waals surface area contributed by atoms with E-state index < -0.39 is 22.0 Å². The number of fused-ring (bicyclic) bond motifs is 1. The van der Waals surface area contributed by atoms with Gasteiger partial charge in [0.25, 0.3) is 5.91 Å². The Labute approximate surface area is 191 Å². The van der Waals surface area contributed by atoms with Crippen LogP contribution in [0.2, 0.25) is 5.02 Å². The number of methoxy groups -OCH3 is 1. The Hall–Kier alpha value is -2.53. The number of rotatable bonds is 9. The number of hydrogen-bond donors (Lipinski definition) is 2. The van der Waals surface area contributed by atoms with Crippen LogP contribution >= 0.6 is 11.6 Å². The summed E-state index contributed by atoms with van der Waals surface area (Å²) >= 11 is 6.39. The van der Waals surface area contributed by atoms with Crippen molar-refractivity contribution in [3.63, 3.8) is 0 Å². The predicted molar refractivity (Wildman–Crippen MR) is 116 cm³/mol. The van der Waals surface area contributed by atoms with Crippen molar-refractivity contribution in [1.82, 2.24) is 9.79 Å². The van der Waals surface area contributed by atoms with E-state index in [-0.39, 0.29) is 35.6 Å². The molecule has 2 N–H and O–H groups in total. The molecule has 0 fully saturated rings. The highest BCUT2D eigenvalue weighted by Gasteiger charge is 2.37. The van der Waals surface area contributed by atoms with Crippen molar-refractivity contribution in [2.24, 2.45) is 5.92 Å². The first-order chi connectivity index (χ1) is 15.2. The van der Waals surface area contributed by atoms with Gasteiger partial charge in [-0.3, -0.25) is 10.0 Å². The molecule has 1 heterocycles. The highest BCUT2D eigenvalue weighted by molar-refractivity contribution is 7.89. The second-order valence-electron chi connectivity index (χ2n) is 7.64. The molecular formula is C21H25ClN2O7S. The second kappa shape index (κ2) is 9.95. The molecule has 3 rings (SSSR count). The van der Waals surface area contributed by atoms with Gasteiger partial charge in [0.05, 0.1) is 12.0 Å². The van der Waals surface area contributed by atoms with Crippen molar-refractivity contribution < 1.29 is 32.6 Å². The van der Waals surface area contributed by atoms with Gasteiger partial charge in [-0.05, 0) is 48.2 Å². The van der Waals surface area contributed by atoms with Gasteiger partial charge in [0.2, 0.25) is 16.8 Å². The normalized spacial score (nSPS) is 14.0. The molecule has 0 bridgehead atoms. The van der Waals surface area contributed by atoms with Crippen molar-refractivity contribution in [3.05, 3.63) is 47.0 Å². The number of sulfonamides is 1. The molecule has 1 aliphatic heterocycles. The number of hydrogen-bond acceptors (Lipinski definition) is 7. The number of halogens is 1. The van der Waals surface area contributed by atoms with Gasteiger partial charge < -0.3 is 14.2 Å². The van der Waals surface area contributed by atoms with Crippen molar-refractivity contribution in [3.8, 4) is 17.2 Å². The van der Waals surface area contributed by atoms with Gasteiger partial charge >= 0.3 is 0 Å². The predicted octanol–water partition coefficient (Wildman–Crippen LogP) is 3.19. The molecule has 32 heavy (non-hydrogen) atoms. The number of ether oxygens (including phenoxy) is 3. The SMILES string of the molecule is COc1ccc(S(=O)(=O)N(Cc2cc3c(cc2Cl)OCO3)C(CC(C)C)C(=O)NO)cc1. The number of carbonyl (C=O) groups is 1. The number of hydroxylamine groups is 1. The first kappa shape index (κ1) is 24.1. The van der Waals surface area contributed by atoms with E-state index >= 15 is 0 Å². The van der Waals surface area contributed by atoms with Crippen LogP contribution in [0.5, 0.6) is 17.2 Å². The van der Waals surface area contributed by atoms with Crippen LogP contribution in [-0.2, 0) is 21.4 Å². The monoisotopic (exact) mass is 484 g/mol. The van der Waals surface area contributed by atoms with E-state index in [0.717, 1.165) is 4.31 Å². The molecular weight excluding hydrogens is 460 g/mol. The maximum atomic E-state index is 13.6. The quantitative estimate of drug-likeness (QED) is 0.415. The summed E-state index contributed by atoms with van der Waals surface area (Å²) in [6, 6.07) is 7.77. The van der Waals surface area contributed by atoms with Crippen LogP contribution in [0, 0.1) is 5.92 Å². The minimum atomic E-state index is -4.18. The largest absolute Gasteiger partial charge is 0.497 e. The van der Waals surface area contributed by atoms with Gasteiger partial charge in [-0.25, -0.2) is 13.9 Å². The molecule has 2 aromatic rings. The molecule has 11 heteroatoms. The zero-order valence-corrected chi connectivity index (χ0v) is 19.4. The molecule has 0 aromatic heterocycles. The first-order valence-electron chi connectivity index (χ1n) is 9.85. The van der Waals surface area contributed by atoms with Crippen LogP contribution in [0.4, 0.5) is 0 Å². The van der Waals surface area contributed by atoms with Gasteiger partial charge in [-0.1, -0.05) is 25.4 Å². The Kier molecular flexibility index (Phi) is 7.50. The highest BCUT2D eigenvalue weighted by atomic mass is 35.5. The third-order valence-electron chi connectivity index (χ3n) is 4.99. The minimum Gasteiger partial charge on any atom is -0.497 e. The molecule has 174 valence electrons. The van der Waals surface area contributed by atoms with Gasteiger partial charge in [-0.15, -0.1) is 0 Å². The zero-order chi connectivity index (χ0) is 23.5. The lowest BCUT2D eigenvalue weighted by Crippen LogP contribution is -2.49. The molecule has 1 atom stereocenters. The fraction of sp³-hybridized carbons (Fsp3) is 0.381. The summed E-state index contributed by atoms with van der Waals surface area (Å²) in [5.74, 6) is 0.486. The third-order valence-corrected chi connectivity index (χ3v) is 7.21. The van der Waals surface area contributed by atoms with E-state index in [1.54, 1.807) is 17.6 Å². The molecule has 0 saturated carbocycles.